The first-order valence-electron chi connectivity index (χ1n) is 11.6. The summed E-state index contributed by atoms with van der Waals surface area (Å²) < 4.78 is 25.1. The van der Waals surface area contributed by atoms with Crippen molar-refractivity contribution in [3.05, 3.63) is 59.6 Å². The lowest BCUT2D eigenvalue weighted by Crippen LogP contribution is -2.22. The smallest absolute Gasteiger partial charge is 0.348 e. The van der Waals surface area contributed by atoms with Crippen LogP contribution in [0.2, 0.25) is 0 Å². The van der Waals surface area contributed by atoms with Crippen LogP contribution in [0.3, 0.4) is 0 Å². The molecule has 0 saturated heterocycles. The first kappa shape index (κ1) is 23.8. The average molecular weight is 511 g/mol. The lowest BCUT2D eigenvalue weighted by Gasteiger charge is -2.32. The molecule has 1 aliphatic rings. The van der Waals surface area contributed by atoms with Gasteiger partial charge in [-0.15, -0.1) is 11.3 Å². The van der Waals surface area contributed by atoms with Crippen LogP contribution in [0.5, 0.6) is 0 Å². The number of hydrogen-bond acceptors (Lipinski definition) is 6. The molecule has 1 atom stereocenters. The number of aromatic nitrogens is 1. The molecule has 1 saturated carbocycles. The number of furan rings is 1. The molecule has 3 aromatic heterocycles. The van der Waals surface area contributed by atoms with Gasteiger partial charge in [0.1, 0.15) is 16.2 Å². The minimum absolute atomic E-state index is 0.119. The minimum atomic E-state index is -3.26. The molecule has 5 rings (SSSR count). The summed E-state index contributed by atoms with van der Waals surface area (Å²) in [6.45, 7) is 2.20. The molecule has 182 valence electrons. The number of anilines is 1. The van der Waals surface area contributed by atoms with E-state index in [2.05, 4.69) is 17.0 Å². The topological polar surface area (TPSA) is 102 Å². The highest BCUT2D eigenvalue weighted by Crippen LogP contribution is 2.57. The van der Waals surface area contributed by atoms with Gasteiger partial charge in [0.05, 0.1) is 11.3 Å². The largest absolute Gasteiger partial charge is 0.477 e. The Morgan fingerprint density at radius 3 is 2.51 bits per heavy atom. The zero-order valence-electron chi connectivity index (χ0n) is 19.6. The molecular formula is C26H27N2O5PS. The summed E-state index contributed by atoms with van der Waals surface area (Å²) in [5, 5.41) is 12.8. The van der Waals surface area contributed by atoms with E-state index in [9.17, 15) is 14.5 Å². The van der Waals surface area contributed by atoms with Crippen molar-refractivity contribution in [3.8, 4) is 21.8 Å². The van der Waals surface area contributed by atoms with E-state index in [1.165, 1.54) is 7.11 Å². The maximum atomic E-state index is 13.7. The second kappa shape index (κ2) is 9.61. The van der Waals surface area contributed by atoms with Gasteiger partial charge in [-0.05, 0) is 55.4 Å². The van der Waals surface area contributed by atoms with Gasteiger partial charge in [0.2, 0.25) is 0 Å². The second-order valence-electron chi connectivity index (χ2n) is 9.04. The number of pyridine rings is 1. The first-order chi connectivity index (χ1) is 16.9. The first-order valence-corrected chi connectivity index (χ1v) is 14.1. The molecule has 0 spiro atoms. The third-order valence-corrected chi connectivity index (χ3v) is 10.4. The number of aromatic carboxylic acids is 1. The number of carboxylic acids is 1. The van der Waals surface area contributed by atoms with Crippen molar-refractivity contribution >= 4 is 41.6 Å². The molecule has 35 heavy (non-hydrogen) atoms. The van der Waals surface area contributed by atoms with Gasteiger partial charge in [0, 0.05) is 29.8 Å². The molecular weight excluding hydrogens is 483 g/mol. The second-order valence-corrected chi connectivity index (χ2v) is 12.6. The van der Waals surface area contributed by atoms with Gasteiger partial charge in [0.15, 0.2) is 5.58 Å². The molecule has 4 aromatic rings. The van der Waals surface area contributed by atoms with E-state index < -0.39 is 13.5 Å². The summed E-state index contributed by atoms with van der Waals surface area (Å²) in [5.41, 5.74) is 3.50. The SMILES string of the molecule is CO[P@@](=O)(Nc1cc(-c2ccc(-c3cc4ncccc4o3)cc2)sc1C(=O)O)C1CCC(C)CC1. The van der Waals surface area contributed by atoms with E-state index in [4.69, 9.17) is 8.94 Å². The molecule has 0 aliphatic heterocycles. The van der Waals surface area contributed by atoms with Crippen molar-refractivity contribution in [2.75, 3.05) is 12.2 Å². The molecule has 3 heterocycles. The van der Waals surface area contributed by atoms with E-state index in [0.29, 0.717) is 17.4 Å². The van der Waals surface area contributed by atoms with Crippen LogP contribution in [0.25, 0.3) is 32.9 Å². The highest BCUT2D eigenvalue weighted by Gasteiger charge is 2.37. The summed E-state index contributed by atoms with van der Waals surface area (Å²) >= 11 is 1.15. The molecule has 1 fully saturated rings. The van der Waals surface area contributed by atoms with E-state index in [1.807, 2.05) is 42.5 Å². The quantitative estimate of drug-likeness (QED) is 0.245. The van der Waals surface area contributed by atoms with Gasteiger partial charge < -0.3 is 19.1 Å². The predicted octanol–water partition coefficient (Wildman–Crippen LogP) is 7.75. The summed E-state index contributed by atoms with van der Waals surface area (Å²) in [7, 11) is -1.82. The highest BCUT2D eigenvalue weighted by molar-refractivity contribution is 7.61. The number of nitrogens with zero attached hydrogens (tertiary/aromatic N) is 1. The van der Waals surface area contributed by atoms with Crippen LogP contribution in [0.1, 0.15) is 42.3 Å². The number of carbonyl (C=O) groups is 1. The van der Waals surface area contributed by atoms with Crippen LogP contribution >= 0.6 is 18.9 Å². The summed E-state index contributed by atoms with van der Waals surface area (Å²) in [6.07, 6.45) is 5.32. The number of nitrogens with one attached hydrogen (secondary N) is 1. The van der Waals surface area contributed by atoms with Gasteiger partial charge in [-0.25, -0.2) is 4.79 Å². The van der Waals surface area contributed by atoms with Crippen LogP contribution < -0.4 is 5.09 Å². The standard InChI is InChI=1S/C26H27N2O5PS/c1-16-5-11-19(12-6-16)34(31,32-2)28-21-15-24(35-25(21)26(29)30)18-9-7-17(8-10-18)23-14-20-22(33-23)4-3-13-27-20/h3-4,7-10,13-16,19H,5-6,11-12H2,1-2H3,(H,28,31)(H,29,30)/t16?,19?,34-/m1/s1. The maximum Gasteiger partial charge on any atom is 0.348 e. The van der Waals surface area contributed by atoms with Crippen molar-refractivity contribution < 1.29 is 23.4 Å². The maximum absolute atomic E-state index is 13.7. The molecule has 0 amide bonds. The van der Waals surface area contributed by atoms with Gasteiger partial charge >= 0.3 is 5.97 Å². The fraction of sp³-hybridized carbons (Fsp3) is 0.308. The fourth-order valence-corrected chi connectivity index (χ4v) is 7.72. The Balaban J connectivity index is 1.42. The van der Waals surface area contributed by atoms with Gasteiger partial charge in [-0.2, -0.15) is 0 Å². The van der Waals surface area contributed by atoms with Crippen molar-refractivity contribution in [2.45, 2.75) is 38.3 Å². The number of hydrogen-bond donors (Lipinski definition) is 2. The molecule has 9 heteroatoms. The molecule has 1 aromatic carbocycles. The van der Waals surface area contributed by atoms with Crippen molar-refractivity contribution in [1.82, 2.24) is 4.98 Å². The zero-order valence-corrected chi connectivity index (χ0v) is 21.3. The van der Waals surface area contributed by atoms with Crippen LogP contribution in [0.4, 0.5) is 5.69 Å². The summed E-state index contributed by atoms with van der Waals surface area (Å²) in [4.78, 5) is 17.2. The number of benzene rings is 1. The van der Waals surface area contributed by atoms with Crippen LogP contribution in [0.15, 0.2) is 59.1 Å². The lowest BCUT2D eigenvalue weighted by atomic mass is 9.91. The molecule has 0 unspecified atom stereocenters. The zero-order chi connectivity index (χ0) is 24.6. The third kappa shape index (κ3) is 4.79. The van der Waals surface area contributed by atoms with Gasteiger partial charge in [-0.3, -0.25) is 9.55 Å². The van der Waals surface area contributed by atoms with E-state index in [-0.39, 0.29) is 10.5 Å². The van der Waals surface area contributed by atoms with Gasteiger partial charge in [0.25, 0.3) is 7.52 Å². The average Bonchev–Trinajstić information content (AvgIpc) is 3.49. The minimum Gasteiger partial charge on any atom is -0.477 e. The van der Waals surface area contributed by atoms with Crippen molar-refractivity contribution in [2.24, 2.45) is 5.92 Å². The monoisotopic (exact) mass is 510 g/mol. The number of thiophene rings is 1. The van der Waals surface area contributed by atoms with E-state index in [1.54, 1.807) is 12.3 Å². The lowest BCUT2D eigenvalue weighted by molar-refractivity contribution is 0.0703. The Kier molecular flexibility index (Phi) is 6.53. The summed E-state index contributed by atoms with van der Waals surface area (Å²) in [6, 6.07) is 15.1. The molecule has 0 radical (unpaired) electrons. The third-order valence-electron chi connectivity index (χ3n) is 6.68. The number of rotatable bonds is 7. The van der Waals surface area contributed by atoms with Crippen LogP contribution in [-0.4, -0.2) is 28.8 Å². The Hall–Kier alpha value is -2.93. The van der Waals surface area contributed by atoms with Crippen LogP contribution in [-0.2, 0) is 9.09 Å². The molecule has 2 N–H and O–H groups in total. The van der Waals surface area contributed by atoms with E-state index in [0.717, 1.165) is 64.1 Å². The van der Waals surface area contributed by atoms with Crippen molar-refractivity contribution in [1.29, 1.82) is 0 Å². The van der Waals surface area contributed by atoms with E-state index >= 15 is 0 Å². The molecule has 7 nitrogen and oxygen atoms in total. The Morgan fingerprint density at radius 2 is 1.86 bits per heavy atom. The normalized spacial score (nSPS) is 19.9. The fourth-order valence-electron chi connectivity index (χ4n) is 4.62. The number of carboxylic acid groups (broad SMARTS) is 1. The van der Waals surface area contributed by atoms with Crippen molar-refractivity contribution in [3.63, 3.8) is 0 Å². The summed E-state index contributed by atoms with van der Waals surface area (Å²) in [5.74, 6) is 0.264. The molecule has 0 bridgehead atoms. The van der Waals surface area contributed by atoms with Gasteiger partial charge in [-0.1, -0.05) is 31.2 Å². The number of fused-ring (bicyclic) bond motifs is 1. The Morgan fingerprint density at radius 1 is 1.14 bits per heavy atom. The highest BCUT2D eigenvalue weighted by atomic mass is 32.1. The van der Waals surface area contributed by atoms with Crippen LogP contribution in [0, 0.1) is 5.92 Å². The Labute approximate surface area is 207 Å². The molecule has 1 aliphatic carbocycles. The Bertz CT molecular complexity index is 1370. The predicted molar refractivity (Wildman–Crippen MR) is 139 cm³/mol.